The second-order valence-electron chi connectivity index (χ2n) is 6.10. The van der Waals surface area contributed by atoms with Crippen LogP contribution in [-0.4, -0.2) is 18.6 Å². The van der Waals surface area contributed by atoms with E-state index in [0.29, 0.717) is 11.7 Å². The number of para-hydroxylation sites is 1. The quantitative estimate of drug-likeness (QED) is 0.562. The van der Waals surface area contributed by atoms with E-state index >= 15 is 0 Å². The molecule has 1 aliphatic carbocycles. The molecule has 0 radical (unpaired) electrons. The molecule has 2 aromatic carbocycles. The Labute approximate surface area is 161 Å². The minimum Gasteiger partial charge on any atom is -0.435 e. The summed E-state index contributed by atoms with van der Waals surface area (Å²) < 4.78 is 36.2. The molecule has 0 saturated heterocycles. The number of ether oxygens (including phenoxy) is 1. The summed E-state index contributed by atoms with van der Waals surface area (Å²) in [6.45, 7) is 0. The van der Waals surface area contributed by atoms with Crippen LogP contribution in [0.3, 0.4) is 0 Å². The third kappa shape index (κ3) is 4.04. The lowest BCUT2D eigenvalue weighted by atomic mass is 10.1. The molecule has 1 saturated carbocycles. The van der Waals surface area contributed by atoms with E-state index in [-0.39, 0.29) is 21.7 Å². The van der Waals surface area contributed by atoms with Gasteiger partial charge in [0.05, 0.1) is 0 Å². The minimum absolute atomic E-state index is 0.00362. The van der Waals surface area contributed by atoms with Gasteiger partial charge in [-0.25, -0.2) is 0 Å². The Morgan fingerprint density at radius 2 is 1.63 bits per heavy atom. The van der Waals surface area contributed by atoms with Gasteiger partial charge in [-0.05, 0) is 42.5 Å². The lowest BCUT2D eigenvalue weighted by Crippen LogP contribution is -2.11. The zero-order valence-electron chi connectivity index (χ0n) is 14.1. The highest BCUT2D eigenvalue weighted by molar-refractivity contribution is 7.87. The van der Waals surface area contributed by atoms with Crippen LogP contribution < -0.4 is 8.92 Å². The highest BCUT2D eigenvalue weighted by Gasteiger charge is 2.28. The molecular weight excluding hydrogens is 388 g/mol. The van der Waals surface area contributed by atoms with Crippen LogP contribution in [-0.2, 0) is 10.1 Å². The summed E-state index contributed by atoms with van der Waals surface area (Å²) in [6, 6.07) is 16.6. The molecule has 0 atom stereocenters. The molecule has 4 rings (SSSR count). The number of hydrogen-bond acceptors (Lipinski definition) is 6. The van der Waals surface area contributed by atoms with Crippen molar-refractivity contribution in [3.05, 3.63) is 71.4 Å². The highest BCUT2D eigenvalue weighted by Crippen LogP contribution is 2.45. The van der Waals surface area contributed by atoms with Crippen molar-refractivity contribution in [3.8, 4) is 17.4 Å². The summed E-state index contributed by atoms with van der Waals surface area (Å²) in [5, 5.41) is 7.62. The summed E-state index contributed by atoms with van der Waals surface area (Å²) in [5.74, 6) is 0.855. The molecule has 8 heteroatoms. The zero-order chi connectivity index (χ0) is 18.9. The van der Waals surface area contributed by atoms with E-state index in [2.05, 4.69) is 10.2 Å². The van der Waals surface area contributed by atoms with Gasteiger partial charge in [0.2, 0.25) is 5.75 Å². The largest absolute Gasteiger partial charge is 0.435 e. The molecule has 1 fully saturated rings. The predicted molar refractivity (Wildman–Crippen MR) is 99.8 cm³/mol. The van der Waals surface area contributed by atoms with Gasteiger partial charge in [0.25, 0.3) is 5.88 Å². The predicted octanol–water partition coefficient (Wildman–Crippen LogP) is 4.57. The number of hydrogen-bond donors (Lipinski definition) is 0. The molecule has 1 aromatic heterocycles. The van der Waals surface area contributed by atoms with Crippen molar-refractivity contribution >= 4 is 21.7 Å². The summed E-state index contributed by atoms with van der Waals surface area (Å²) in [7, 11) is -4.07. The van der Waals surface area contributed by atoms with E-state index < -0.39 is 10.1 Å². The fraction of sp³-hybridized carbons (Fsp3) is 0.158. The van der Waals surface area contributed by atoms with Gasteiger partial charge in [-0.2, -0.15) is 8.42 Å². The molecule has 1 aliphatic rings. The molecule has 0 bridgehead atoms. The molecule has 0 unspecified atom stereocenters. The average Bonchev–Trinajstić information content (AvgIpc) is 3.50. The van der Waals surface area contributed by atoms with Gasteiger partial charge in [0.1, 0.15) is 10.6 Å². The summed E-state index contributed by atoms with van der Waals surface area (Å²) in [5.41, 5.74) is 1.05. The first-order valence-corrected chi connectivity index (χ1v) is 10.1. The molecular formula is C19H15ClN2O4S. The van der Waals surface area contributed by atoms with Crippen LogP contribution in [0.1, 0.15) is 24.3 Å². The number of rotatable bonds is 6. The molecule has 0 N–H and O–H groups in total. The molecule has 0 aliphatic heterocycles. The van der Waals surface area contributed by atoms with Gasteiger partial charge in [-0.3, -0.25) is 0 Å². The van der Waals surface area contributed by atoms with Crippen molar-refractivity contribution in [2.75, 3.05) is 0 Å². The molecule has 6 nitrogen and oxygen atoms in total. The van der Waals surface area contributed by atoms with Crippen LogP contribution >= 0.6 is 11.6 Å². The number of benzene rings is 2. The maximum Gasteiger partial charge on any atom is 0.339 e. The van der Waals surface area contributed by atoms with E-state index in [1.807, 2.05) is 18.2 Å². The van der Waals surface area contributed by atoms with E-state index in [1.54, 1.807) is 24.3 Å². The Morgan fingerprint density at radius 1 is 0.926 bits per heavy atom. The topological polar surface area (TPSA) is 78.4 Å². The van der Waals surface area contributed by atoms with Gasteiger partial charge in [0, 0.05) is 6.07 Å². The Kier molecular flexibility index (Phi) is 4.72. The summed E-state index contributed by atoms with van der Waals surface area (Å²) >= 11 is 5.88. The third-order valence-electron chi connectivity index (χ3n) is 4.07. The van der Waals surface area contributed by atoms with Crippen LogP contribution in [0.15, 0.2) is 65.6 Å². The molecule has 0 spiro atoms. The minimum atomic E-state index is -4.07. The molecule has 0 amide bonds. The lowest BCUT2D eigenvalue weighted by molar-refractivity contribution is 0.412. The SMILES string of the molecule is O=S(=O)(Oc1cc(Cl)nnc1Oc1ccccc1C1CC1)c1ccccc1. The van der Waals surface area contributed by atoms with Crippen molar-refractivity contribution < 1.29 is 17.3 Å². The van der Waals surface area contributed by atoms with Gasteiger partial charge < -0.3 is 8.92 Å². The van der Waals surface area contributed by atoms with Crippen molar-refractivity contribution in [2.45, 2.75) is 23.7 Å². The van der Waals surface area contributed by atoms with Gasteiger partial charge >= 0.3 is 10.1 Å². The second-order valence-corrected chi connectivity index (χ2v) is 8.03. The highest BCUT2D eigenvalue weighted by atomic mass is 35.5. The molecule has 27 heavy (non-hydrogen) atoms. The first kappa shape index (κ1) is 17.8. The van der Waals surface area contributed by atoms with E-state index in [4.69, 9.17) is 20.5 Å². The van der Waals surface area contributed by atoms with E-state index in [1.165, 1.54) is 18.2 Å². The number of nitrogens with zero attached hydrogens (tertiary/aromatic N) is 2. The summed E-state index contributed by atoms with van der Waals surface area (Å²) in [6.07, 6.45) is 2.19. The Balaban J connectivity index is 1.68. The lowest BCUT2D eigenvalue weighted by Gasteiger charge is -2.13. The van der Waals surface area contributed by atoms with Gasteiger partial charge in [0.15, 0.2) is 5.15 Å². The first-order chi connectivity index (χ1) is 13.0. The average molecular weight is 403 g/mol. The van der Waals surface area contributed by atoms with Crippen LogP contribution in [0.25, 0.3) is 0 Å². The molecule has 138 valence electrons. The van der Waals surface area contributed by atoms with Crippen LogP contribution in [0, 0.1) is 0 Å². The third-order valence-corrected chi connectivity index (χ3v) is 5.50. The van der Waals surface area contributed by atoms with Crippen molar-refractivity contribution in [1.82, 2.24) is 10.2 Å². The molecule has 1 heterocycles. The van der Waals surface area contributed by atoms with Gasteiger partial charge in [-0.1, -0.05) is 48.0 Å². The van der Waals surface area contributed by atoms with E-state index in [9.17, 15) is 8.42 Å². The fourth-order valence-corrected chi connectivity index (χ4v) is 3.71. The standard InChI is InChI=1S/C19H15ClN2O4S/c20-18-12-17(26-27(23,24)14-6-2-1-3-7-14)19(22-21-18)25-16-9-5-4-8-15(16)13-10-11-13/h1-9,12-13H,10-11H2. The number of aromatic nitrogens is 2. The Hall–Kier alpha value is -2.64. The smallest absolute Gasteiger partial charge is 0.339 e. The number of halogens is 1. The maximum absolute atomic E-state index is 12.5. The monoisotopic (exact) mass is 402 g/mol. The van der Waals surface area contributed by atoms with Gasteiger partial charge in [-0.15, -0.1) is 10.2 Å². The fourth-order valence-electron chi connectivity index (χ4n) is 2.63. The van der Waals surface area contributed by atoms with Crippen LogP contribution in [0.4, 0.5) is 0 Å². The van der Waals surface area contributed by atoms with Crippen LogP contribution in [0.5, 0.6) is 17.4 Å². The van der Waals surface area contributed by atoms with E-state index in [0.717, 1.165) is 18.4 Å². The van der Waals surface area contributed by atoms with Crippen molar-refractivity contribution in [1.29, 1.82) is 0 Å². The van der Waals surface area contributed by atoms with Crippen molar-refractivity contribution in [2.24, 2.45) is 0 Å². The second kappa shape index (κ2) is 7.17. The zero-order valence-corrected chi connectivity index (χ0v) is 15.7. The normalized spacial score (nSPS) is 14.0. The summed E-state index contributed by atoms with van der Waals surface area (Å²) in [4.78, 5) is 0.0160. The van der Waals surface area contributed by atoms with Crippen molar-refractivity contribution in [3.63, 3.8) is 0 Å². The van der Waals surface area contributed by atoms with Crippen LogP contribution in [0.2, 0.25) is 5.15 Å². The Morgan fingerprint density at radius 3 is 2.37 bits per heavy atom. The molecule has 3 aromatic rings. The maximum atomic E-state index is 12.5. The Bertz CT molecular complexity index is 1070. The first-order valence-electron chi connectivity index (χ1n) is 8.32.